The van der Waals surface area contributed by atoms with Crippen molar-refractivity contribution >= 4 is 7.82 Å². The highest BCUT2D eigenvalue weighted by atomic mass is 31.2. The topological polar surface area (TPSA) is 57.7 Å². The summed E-state index contributed by atoms with van der Waals surface area (Å²) in [5, 5.41) is 0. The minimum Gasteiger partial charge on any atom is -0.303 e. The van der Waals surface area contributed by atoms with E-state index in [2.05, 4.69) is 40.4 Å². The average molecular weight is 899 g/mol. The third kappa shape index (κ3) is 38.1. The zero-order valence-electron chi connectivity index (χ0n) is 42.8. The molecule has 8 nitrogen and oxygen atoms in total. The maximum Gasteiger partial charge on any atom is 0.474 e. The number of hydrogen-bond donors (Lipinski definition) is 0. The molecule has 0 radical (unpaired) electrons. The van der Waals surface area contributed by atoms with Gasteiger partial charge in [0.25, 0.3) is 0 Å². The van der Waals surface area contributed by atoms with Gasteiger partial charge >= 0.3 is 7.82 Å². The Labute approximate surface area is 389 Å². The molecule has 1 rings (SSSR count). The summed E-state index contributed by atoms with van der Waals surface area (Å²) in [5.74, 6) is 0. The van der Waals surface area contributed by atoms with Crippen LogP contribution in [0.5, 0.6) is 0 Å². The molecule has 1 aliphatic rings. The number of nitrogens with zero attached hydrogens (tertiary/aromatic N) is 4. The fourth-order valence-electron chi connectivity index (χ4n) is 9.30. The van der Waals surface area contributed by atoms with Gasteiger partial charge in [-0.25, -0.2) is 4.57 Å². The van der Waals surface area contributed by atoms with Crippen molar-refractivity contribution < 1.29 is 18.1 Å². The van der Waals surface area contributed by atoms with E-state index in [0.717, 1.165) is 26.1 Å². The molecule has 0 aromatic rings. The first-order valence-corrected chi connectivity index (χ1v) is 29.4. The monoisotopic (exact) mass is 899 g/mol. The van der Waals surface area contributed by atoms with Crippen LogP contribution in [0.15, 0.2) is 0 Å². The average Bonchev–Trinajstić information content (AvgIpc) is 3.27. The molecule has 0 amide bonds. The first-order chi connectivity index (χ1) is 30.5. The summed E-state index contributed by atoms with van der Waals surface area (Å²) in [5.41, 5.74) is 0. The number of phosphoric acid groups is 1. The number of unbranched alkanes of at least 4 members (excludes halogenated alkanes) is 27. The lowest BCUT2D eigenvalue weighted by Crippen LogP contribution is -2.47. The predicted molar refractivity (Wildman–Crippen MR) is 272 cm³/mol. The Bertz CT molecular complexity index is 905. The zero-order valence-corrected chi connectivity index (χ0v) is 43.7. The summed E-state index contributed by atoms with van der Waals surface area (Å²) in [6.45, 7) is 26.1. The third-order valence-electron chi connectivity index (χ3n) is 13.3. The molecule has 1 heterocycles. The second kappa shape index (κ2) is 46.1. The van der Waals surface area contributed by atoms with Crippen LogP contribution in [0.3, 0.4) is 0 Å². The van der Waals surface area contributed by atoms with Crippen LogP contribution in [0.1, 0.15) is 247 Å². The van der Waals surface area contributed by atoms with Gasteiger partial charge in [0.1, 0.15) is 0 Å². The summed E-state index contributed by atoms with van der Waals surface area (Å²) in [6, 6.07) is 0. The number of phosphoric ester groups is 1. The SMILES string of the molecule is CCCCCCCCCCCCN(CCCCCCCCCCCC)CCCN1CCN(CCCN(CCCCCCCCCCCC)CCCOP(=O)(OCC)OCC)CC1. The van der Waals surface area contributed by atoms with Gasteiger partial charge in [0.05, 0.1) is 19.8 Å². The second-order valence-electron chi connectivity index (χ2n) is 19.1. The molecule has 0 aromatic carbocycles. The molecule has 9 heteroatoms. The minimum absolute atomic E-state index is 0.327. The highest BCUT2D eigenvalue weighted by Gasteiger charge is 2.25. The van der Waals surface area contributed by atoms with Crippen LogP contribution < -0.4 is 0 Å². The van der Waals surface area contributed by atoms with Crippen molar-refractivity contribution in [3.05, 3.63) is 0 Å². The van der Waals surface area contributed by atoms with E-state index >= 15 is 0 Å². The smallest absolute Gasteiger partial charge is 0.303 e. The van der Waals surface area contributed by atoms with Gasteiger partial charge in [0.15, 0.2) is 0 Å². The molecular formula is C53H111N4O4P. The van der Waals surface area contributed by atoms with Crippen molar-refractivity contribution in [3.8, 4) is 0 Å². The van der Waals surface area contributed by atoms with E-state index in [1.54, 1.807) is 0 Å². The van der Waals surface area contributed by atoms with Crippen molar-refractivity contribution in [1.29, 1.82) is 0 Å². The van der Waals surface area contributed by atoms with Gasteiger partial charge < -0.3 is 19.6 Å². The Balaban J connectivity index is 2.43. The molecule has 0 saturated carbocycles. The van der Waals surface area contributed by atoms with Crippen molar-refractivity contribution in [3.63, 3.8) is 0 Å². The van der Waals surface area contributed by atoms with Crippen LogP contribution in [-0.4, -0.2) is 118 Å². The fourth-order valence-corrected chi connectivity index (χ4v) is 10.5. The fraction of sp³-hybridized carbons (Fsp3) is 1.00. The molecule has 0 spiro atoms. The Morgan fingerprint density at radius 2 is 0.597 bits per heavy atom. The lowest BCUT2D eigenvalue weighted by molar-refractivity contribution is 0.112. The molecular weight excluding hydrogens is 788 g/mol. The van der Waals surface area contributed by atoms with E-state index < -0.39 is 7.82 Å². The van der Waals surface area contributed by atoms with E-state index in [1.165, 1.54) is 264 Å². The molecule has 62 heavy (non-hydrogen) atoms. The van der Waals surface area contributed by atoms with Crippen LogP contribution in [0.4, 0.5) is 0 Å². The van der Waals surface area contributed by atoms with Gasteiger partial charge in [-0.05, 0) is 98.2 Å². The Hall–Kier alpha value is -0.0500. The molecule has 372 valence electrons. The lowest BCUT2D eigenvalue weighted by atomic mass is 10.1. The van der Waals surface area contributed by atoms with Crippen molar-refractivity contribution in [1.82, 2.24) is 19.6 Å². The van der Waals surface area contributed by atoms with E-state index in [1.807, 2.05) is 13.8 Å². The molecule has 0 atom stereocenters. The van der Waals surface area contributed by atoms with Crippen molar-refractivity contribution in [2.45, 2.75) is 247 Å². The van der Waals surface area contributed by atoms with Crippen molar-refractivity contribution in [2.24, 2.45) is 0 Å². The van der Waals surface area contributed by atoms with Gasteiger partial charge in [0, 0.05) is 32.7 Å². The molecule has 0 aromatic heterocycles. The molecule has 0 bridgehead atoms. The normalized spacial score (nSPS) is 14.3. The number of piperazine rings is 1. The highest BCUT2D eigenvalue weighted by molar-refractivity contribution is 7.48. The Morgan fingerprint density at radius 1 is 0.339 bits per heavy atom. The van der Waals surface area contributed by atoms with E-state index in [4.69, 9.17) is 13.6 Å². The van der Waals surface area contributed by atoms with Crippen LogP contribution in [0.25, 0.3) is 0 Å². The van der Waals surface area contributed by atoms with Crippen LogP contribution in [-0.2, 0) is 18.1 Å². The Morgan fingerprint density at radius 3 is 0.887 bits per heavy atom. The first kappa shape index (κ1) is 60.0. The molecule has 0 unspecified atom stereocenters. The van der Waals surface area contributed by atoms with Crippen molar-refractivity contribution in [2.75, 3.05) is 98.4 Å². The lowest BCUT2D eigenvalue weighted by Gasteiger charge is -2.35. The van der Waals surface area contributed by atoms with Gasteiger partial charge in [-0.2, -0.15) is 0 Å². The van der Waals surface area contributed by atoms with Crippen LogP contribution in [0.2, 0.25) is 0 Å². The van der Waals surface area contributed by atoms with Crippen LogP contribution >= 0.6 is 7.82 Å². The molecule has 1 saturated heterocycles. The maximum atomic E-state index is 12.8. The van der Waals surface area contributed by atoms with E-state index in [0.29, 0.717) is 19.8 Å². The second-order valence-corrected chi connectivity index (χ2v) is 20.8. The molecule has 0 aliphatic carbocycles. The van der Waals surface area contributed by atoms with E-state index in [-0.39, 0.29) is 0 Å². The van der Waals surface area contributed by atoms with Gasteiger partial charge in [-0.1, -0.05) is 194 Å². The highest BCUT2D eigenvalue weighted by Crippen LogP contribution is 2.49. The summed E-state index contributed by atoms with van der Waals surface area (Å²) in [6.07, 6.45) is 45.5. The standard InChI is InChI=1S/C53H111N4O4P/c1-6-11-14-17-20-23-26-29-32-35-41-54(42-36-33-30-27-24-21-18-15-12-7-2)44-38-46-56-49-51-57(52-50-56)47-39-45-55(43-37-34-31-28-25-22-19-16-13-8-3)48-40-53-61-62(58,59-9-4)60-10-5/h6-53H2,1-5H3. The summed E-state index contributed by atoms with van der Waals surface area (Å²) < 4.78 is 29.2. The quantitative estimate of drug-likeness (QED) is 0.0442. The van der Waals surface area contributed by atoms with Gasteiger partial charge in [0.2, 0.25) is 0 Å². The van der Waals surface area contributed by atoms with E-state index in [9.17, 15) is 4.57 Å². The Kier molecular flexibility index (Phi) is 44.6. The third-order valence-corrected chi connectivity index (χ3v) is 14.9. The molecule has 0 N–H and O–H groups in total. The summed E-state index contributed by atoms with van der Waals surface area (Å²) in [7, 11) is -3.44. The first-order valence-electron chi connectivity index (χ1n) is 27.9. The van der Waals surface area contributed by atoms with Gasteiger partial charge in [-0.15, -0.1) is 0 Å². The summed E-state index contributed by atoms with van der Waals surface area (Å²) >= 11 is 0. The number of hydrogen-bond acceptors (Lipinski definition) is 8. The van der Waals surface area contributed by atoms with Gasteiger partial charge in [-0.3, -0.25) is 13.6 Å². The summed E-state index contributed by atoms with van der Waals surface area (Å²) in [4.78, 5) is 10.9. The number of rotatable bonds is 50. The zero-order chi connectivity index (χ0) is 44.9. The maximum absolute atomic E-state index is 12.8. The molecule has 1 fully saturated rings. The molecule has 1 aliphatic heterocycles. The van der Waals surface area contributed by atoms with Crippen LogP contribution in [0, 0.1) is 0 Å². The minimum atomic E-state index is -3.44. The largest absolute Gasteiger partial charge is 0.474 e. The predicted octanol–water partition coefficient (Wildman–Crippen LogP) is 15.3.